The molecular weight excluding hydrogens is 264 g/mol. The van der Waals surface area contributed by atoms with Crippen molar-refractivity contribution < 1.29 is 14.6 Å². The van der Waals surface area contributed by atoms with Crippen LogP contribution in [0.15, 0.2) is 48.5 Å². The molecule has 0 aliphatic carbocycles. The van der Waals surface area contributed by atoms with E-state index in [2.05, 4.69) is 6.92 Å². The topological polar surface area (TPSA) is 38.7 Å². The first-order chi connectivity index (χ1) is 10.2. The van der Waals surface area contributed by atoms with Crippen LogP contribution >= 0.6 is 0 Å². The van der Waals surface area contributed by atoms with E-state index in [9.17, 15) is 5.11 Å². The lowest BCUT2D eigenvalue weighted by Crippen LogP contribution is -2.46. The van der Waals surface area contributed by atoms with Gasteiger partial charge in [0, 0.05) is 0 Å². The summed E-state index contributed by atoms with van der Waals surface area (Å²) in [6.45, 7) is 4.49. The zero-order chi connectivity index (χ0) is 14.7. The molecule has 1 aliphatic heterocycles. The van der Waals surface area contributed by atoms with E-state index >= 15 is 0 Å². The van der Waals surface area contributed by atoms with E-state index in [0.29, 0.717) is 6.61 Å². The summed E-state index contributed by atoms with van der Waals surface area (Å²) in [5.74, 6) is 1.17. The molecule has 2 aromatic rings. The lowest BCUT2D eigenvalue weighted by Gasteiger charge is -2.40. The van der Waals surface area contributed by atoms with Gasteiger partial charge in [-0.15, -0.1) is 0 Å². The third kappa shape index (κ3) is 3.03. The van der Waals surface area contributed by atoms with Gasteiger partial charge in [0.05, 0.1) is 25.2 Å². The van der Waals surface area contributed by atoms with Crippen molar-refractivity contribution in [3.8, 4) is 22.6 Å². The van der Waals surface area contributed by atoms with Gasteiger partial charge in [0.25, 0.3) is 0 Å². The Morgan fingerprint density at radius 1 is 1.00 bits per heavy atom. The maximum Gasteiger partial charge on any atom is 0.119 e. The van der Waals surface area contributed by atoms with Gasteiger partial charge in [-0.25, -0.2) is 0 Å². The number of phenols is 1. The molecule has 21 heavy (non-hydrogen) atoms. The quantitative estimate of drug-likeness (QED) is 0.906. The lowest BCUT2D eigenvalue weighted by atomic mass is 9.84. The fourth-order valence-electron chi connectivity index (χ4n) is 2.41. The van der Waals surface area contributed by atoms with Crippen molar-refractivity contribution in [3.63, 3.8) is 0 Å². The van der Waals surface area contributed by atoms with Gasteiger partial charge in [-0.05, 0) is 41.8 Å². The van der Waals surface area contributed by atoms with Crippen LogP contribution in [0.4, 0.5) is 0 Å². The van der Waals surface area contributed by atoms with Crippen LogP contribution in [0.2, 0.25) is 0 Å². The molecule has 0 spiro atoms. The Labute approximate surface area is 125 Å². The summed E-state index contributed by atoms with van der Waals surface area (Å²) in [5.41, 5.74) is 2.40. The zero-order valence-electron chi connectivity index (χ0n) is 12.2. The summed E-state index contributed by atoms with van der Waals surface area (Å²) in [6.07, 6.45) is 1.08. The molecule has 0 amide bonds. The fourth-order valence-corrected chi connectivity index (χ4v) is 2.41. The summed E-state index contributed by atoms with van der Waals surface area (Å²) < 4.78 is 11.2. The minimum atomic E-state index is 0.204. The van der Waals surface area contributed by atoms with Crippen LogP contribution in [0.25, 0.3) is 11.1 Å². The molecule has 3 rings (SSSR count). The van der Waals surface area contributed by atoms with Gasteiger partial charge in [-0.2, -0.15) is 0 Å². The Morgan fingerprint density at radius 3 is 2.05 bits per heavy atom. The average molecular weight is 284 g/mol. The normalized spacial score (nSPS) is 16.2. The van der Waals surface area contributed by atoms with Crippen LogP contribution in [0.3, 0.4) is 0 Å². The highest BCUT2D eigenvalue weighted by atomic mass is 16.5. The summed E-state index contributed by atoms with van der Waals surface area (Å²) in [6, 6.07) is 15.3. The van der Waals surface area contributed by atoms with E-state index in [1.807, 2.05) is 36.4 Å². The van der Waals surface area contributed by atoms with Crippen LogP contribution in [-0.2, 0) is 4.74 Å². The zero-order valence-corrected chi connectivity index (χ0v) is 12.2. The highest BCUT2D eigenvalue weighted by Crippen LogP contribution is 2.32. The second-order valence-corrected chi connectivity index (χ2v) is 5.71. The molecule has 0 bridgehead atoms. The van der Waals surface area contributed by atoms with Crippen LogP contribution < -0.4 is 4.74 Å². The Kier molecular flexibility index (Phi) is 3.84. The Morgan fingerprint density at radius 2 is 1.57 bits per heavy atom. The van der Waals surface area contributed by atoms with Crippen molar-refractivity contribution in [1.29, 1.82) is 0 Å². The molecule has 2 aromatic carbocycles. The van der Waals surface area contributed by atoms with E-state index < -0.39 is 0 Å². The summed E-state index contributed by atoms with van der Waals surface area (Å²) in [7, 11) is 0. The fraction of sp³-hybridized carbons (Fsp3) is 0.333. The number of rotatable bonds is 5. The number of phenolic OH excluding ortho intramolecular Hbond substituents is 1. The second-order valence-electron chi connectivity index (χ2n) is 5.71. The number of aromatic hydroxyl groups is 1. The van der Waals surface area contributed by atoms with Crippen LogP contribution in [-0.4, -0.2) is 24.9 Å². The molecule has 1 saturated heterocycles. The summed E-state index contributed by atoms with van der Waals surface area (Å²) in [4.78, 5) is 0. The summed E-state index contributed by atoms with van der Waals surface area (Å²) >= 11 is 0. The first-order valence-corrected chi connectivity index (χ1v) is 7.31. The molecule has 1 aliphatic rings. The third-order valence-corrected chi connectivity index (χ3v) is 4.17. The molecule has 3 nitrogen and oxygen atoms in total. The molecule has 110 valence electrons. The Hall–Kier alpha value is -2.00. The minimum absolute atomic E-state index is 0.204. The summed E-state index contributed by atoms with van der Waals surface area (Å²) in [5, 5.41) is 9.32. The van der Waals surface area contributed by atoms with Gasteiger partial charge in [-0.3, -0.25) is 0 Å². The Balaban J connectivity index is 1.65. The van der Waals surface area contributed by atoms with Gasteiger partial charge in [-0.1, -0.05) is 31.2 Å². The molecule has 0 saturated carbocycles. The third-order valence-electron chi connectivity index (χ3n) is 4.17. The van der Waals surface area contributed by atoms with Crippen molar-refractivity contribution in [3.05, 3.63) is 48.5 Å². The van der Waals surface area contributed by atoms with Crippen LogP contribution in [0, 0.1) is 5.41 Å². The monoisotopic (exact) mass is 284 g/mol. The molecule has 0 atom stereocenters. The molecule has 1 heterocycles. The predicted octanol–water partition coefficient (Wildman–Crippen LogP) is 3.86. The van der Waals surface area contributed by atoms with Gasteiger partial charge >= 0.3 is 0 Å². The van der Waals surface area contributed by atoms with E-state index in [1.165, 1.54) is 0 Å². The Bertz CT molecular complexity index is 577. The van der Waals surface area contributed by atoms with E-state index in [4.69, 9.17) is 9.47 Å². The van der Waals surface area contributed by atoms with Crippen molar-refractivity contribution in [2.24, 2.45) is 5.41 Å². The van der Waals surface area contributed by atoms with Crippen molar-refractivity contribution in [1.82, 2.24) is 0 Å². The maximum atomic E-state index is 9.32. The molecule has 3 heteroatoms. The van der Waals surface area contributed by atoms with Crippen molar-refractivity contribution in [2.75, 3.05) is 19.8 Å². The van der Waals surface area contributed by atoms with Crippen LogP contribution in [0.5, 0.6) is 11.5 Å². The van der Waals surface area contributed by atoms with Crippen molar-refractivity contribution in [2.45, 2.75) is 13.3 Å². The smallest absolute Gasteiger partial charge is 0.119 e. The van der Waals surface area contributed by atoms with E-state index in [0.717, 1.165) is 36.5 Å². The second kappa shape index (κ2) is 5.78. The first-order valence-electron chi connectivity index (χ1n) is 7.31. The number of ether oxygens (including phenoxy) is 2. The number of benzene rings is 2. The minimum Gasteiger partial charge on any atom is -0.508 e. The standard InChI is InChI=1S/C18H20O3/c1-2-18(11-20-12-18)13-21-17-9-5-15(6-10-17)14-3-7-16(19)8-4-14/h3-10,19H,2,11-13H2,1H3. The van der Waals surface area contributed by atoms with E-state index in [-0.39, 0.29) is 11.2 Å². The van der Waals surface area contributed by atoms with Gasteiger partial charge in [0.15, 0.2) is 0 Å². The number of hydrogen-bond donors (Lipinski definition) is 1. The number of hydrogen-bond acceptors (Lipinski definition) is 3. The molecule has 1 fully saturated rings. The van der Waals surface area contributed by atoms with Crippen molar-refractivity contribution >= 4 is 0 Å². The largest absolute Gasteiger partial charge is 0.508 e. The highest BCUT2D eigenvalue weighted by Gasteiger charge is 2.37. The predicted molar refractivity (Wildman–Crippen MR) is 82.6 cm³/mol. The lowest BCUT2D eigenvalue weighted by molar-refractivity contribution is -0.133. The van der Waals surface area contributed by atoms with Crippen LogP contribution in [0.1, 0.15) is 13.3 Å². The maximum absolute atomic E-state index is 9.32. The van der Waals surface area contributed by atoms with Gasteiger partial charge in [0.2, 0.25) is 0 Å². The molecule has 0 aromatic heterocycles. The van der Waals surface area contributed by atoms with E-state index in [1.54, 1.807) is 12.1 Å². The molecule has 0 radical (unpaired) electrons. The first kappa shape index (κ1) is 14.0. The SMILES string of the molecule is CCC1(COc2ccc(-c3ccc(O)cc3)cc2)COC1. The molecule has 1 N–H and O–H groups in total. The van der Waals surface area contributed by atoms with Gasteiger partial charge < -0.3 is 14.6 Å². The molecular formula is C18H20O3. The highest BCUT2D eigenvalue weighted by molar-refractivity contribution is 5.64. The average Bonchev–Trinajstić information content (AvgIpc) is 2.48. The molecule has 0 unspecified atom stereocenters. The van der Waals surface area contributed by atoms with Gasteiger partial charge in [0.1, 0.15) is 11.5 Å².